The minimum atomic E-state index is -0.651. The van der Waals surface area contributed by atoms with Crippen molar-refractivity contribution in [3.05, 3.63) is 76.8 Å². The highest BCUT2D eigenvalue weighted by Crippen LogP contribution is 2.43. The molecule has 0 saturated carbocycles. The van der Waals surface area contributed by atoms with Crippen LogP contribution >= 0.6 is 11.6 Å². The summed E-state index contributed by atoms with van der Waals surface area (Å²) >= 11 is 6.16. The highest BCUT2D eigenvalue weighted by Gasteiger charge is 2.36. The molecule has 140 valence electrons. The number of fused-ring (bicyclic) bond motifs is 2. The molecule has 6 nitrogen and oxygen atoms in total. The van der Waals surface area contributed by atoms with Crippen molar-refractivity contribution >= 4 is 28.9 Å². The Labute approximate surface area is 165 Å². The number of nitrogens with zero attached hydrogens (tertiary/aromatic N) is 1. The second kappa shape index (κ2) is 6.35. The normalized spacial score (nSPS) is 17.2. The van der Waals surface area contributed by atoms with E-state index in [0.29, 0.717) is 39.0 Å². The van der Waals surface area contributed by atoms with E-state index in [1.54, 1.807) is 41.3 Å². The van der Waals surface area contributed by atoms with Gasteiger partial charge in [-0.05, 0) is 42.5 Å². The summed E-state index contributed by atoms with van der Waals surface area (Å²) in [6.45, 7) is 0.145. The van der Waals surface area contributed by atoms with Crippen LogP contribution in [0.15, 0.2) is 60.7 Å². The number of halogens is 1. The molecule has 0 saturated heterocycles. The number of phenolic OH excluding ortho intramolecular Hbond substituents is 1. The van der Waals surface area contributed by atoms with Crippen molar-refractivity contribution in [2.75, 3.05) is 17.0 Å². The van der Waals surface area contributed by atoms with E-state index in [2.05, 4.69) is 5.32 Å². The fourth-order valence-corrected chi connectivity index (χ4v) is 3.70. The molecule has 28 heavy (non-hydrogen) atoms. The van der Waals surface area contributed by atoms with Crippen LogP contribution in [0.1, 0.15) is 22.1 Å². The summed E-state index contributed by atoms with van der Waals surface area (Å²) in [5, 5.41) is 14.3. The Balaban J connectivity index is 1.68. The lowest BCUT2D eigenvalue weighted by atomic mass is 10.0. The maximum Gasteiger partial charge on any atom is 0.262 e. The summed E-state index contributed by atoms with van der Waals surface area (Å²) in [6.07, 6.45) is -0.651. The van der Waals surface area contributed by atoms with Gasteiger partial charge in [-0.3, -0.25) is 9.69 Å². The zero-order chi connectivity index (χ0) is 19.3. The molecule has 5 rings (SSSR count). The first kappa shape index (κ1) is 16.8. The zero-order valence-electron chi connectivity index (χ0n) is 14.6. The highest BCUT2D eigenvalue weighted by atomic mass is 35.5. The van der Waals surface area contributed by atoms with Crippen molar-refractivity contribution in [3.63, 3.8) is 0 Å². The number of rotatable bonds is 2. The molecule has 1 amide bonds. The van der Waals surface area contributed by atoms with Gasteiger partial charge >= 0.3 is 0 Å². The molecule has 2 aliphatic heterocycles. The topological polar surface area (TPSA) is 71.0 Å². The molecule has 0 fully saturated rings. The Morgan fingerprint density at radius 3 is 2.75 bits per heavy atom. The average Bonchev–Trinajstić information content (AvgIpc) is 3.17. The predicted molar refractivity (Wildman–Crippen MR) is 105 cm³/mol. The number of carbonyl (C=O) groups excluding carboxylic acids is 1. The molecule has 0 spiro atoms. The standard InChI is InChI=1S/C21H15ClN2O4/c22-12-5-7-17(25)15(9-12)20-23-16-4-2-1-3-14(16)21(26)24(20)13-6-8-18-19(10-13)28-11-27-18/h1-10,20,23,25H,11H2/t20-/m0/s1. The van der Waals surface area contributed by atoms with Crippen LogP contribution in [0.2, 0.25) is 5.02 Å². The van der Waals surface area contributed by atoms with Gasteiger partial charge in [0.1, 0.15) is 11.9 Å². The number of carbonyl (C=O) groups is 1. The summed E-state index contributed by atoms with van der Waals surface area (Å²) in [5.74, 6) is 1.04. The van der Waals surface area contributed by atoms with Crippen LogP contribution < -0.4 is 19.7 Å². The van der Waals surface area contributed by atoms with Gasteiger partial charge in [0.2, 0.25) is 6.79 Å². The van der Waals surface area contributed by atoms with E-state index in [4.69, 9.17) is 21.1 Å². The Morgan fingerprint density at radius 2 is 1.86 bits per heavy atom. The van der Waals surface area contributed by atoms with Crippen molar-refractivity contribution in [2.24, 2.45) is 0 Å². The van der Waals surface area contributed by atoms with E-state index >= 15 is 0 Å². The van der Waals surface area contributed by atoms with E-state index in [1.165, 1.54) is 6.07 Å². The van der Waals surface area contributed by atoms with Crippen LogP contribution in [0, 0.1) is 0 Å². The van der Waals surface area contributed by atoms with E-state index in [1.807, 2.05) is 18.2 Å². The number of aromatic hydroxyl groups is 1. The van der Waals surface area contributed by atoms with Crippen LogP contribution in [-0.4, -0.2) is 17.8 Å². The molecule has 0 aliphatic carbocycles. The summed E-state index contributed by atoms with van der Waals surface area (Å²) in [4.78, 5) is 15.0. The third-order valence-corrected chi connectivity index (χ3v) is 5.08. The molecule has 1 atom stereocenters. The lowest BCUT2D eigenvalue weighted by Gasteiger charge is -2.38. The molecule has 3 aromatic carbocycles. The van der Waals surface area contributed by atoms with Gasteiger partial charge in [0.25, 0.3) is 5.91 Å². The number of ether oxygens (including phenoxy) is 2. The number of anilines is 2. The van der Waals surface area contributed by atoms with Crippen LogP contribution in [0.25, 0.3) is 0 Å². The molecular weight excluding hydrogens is 380 g/mol. The zero-order valence-corrected chi connectivity index (χ0v) is 15.3. The van der Waals surface area contributed by atoms with E-state index in [9.17, 15) is 9.90 Å². The lowest BCUT2D eigenvalue weighted by Crippen LogP contribution is -2.43. The fourth-order valence-electron chi connectivity index (χ4n) is 3.52. The quantitative estimate of drug-likeness (QED) is 0.667. The molecule has 0 aromatic heterocycles. The van der Waals surface area contributed by atoms with Crippen molar-refractivity contribution in [2.45, 2.75) is 6.17 Å². The first-order chi connectivity index (χ1) is 13.6. The van der Waals surface area contributed by atoms with E-state index in [-0.39, 0.29) is 18.4 Å². The molecule has 7 heteroatoms. The number of para-hydroxylation sites is 1. The van der Waals surface area contributed by atoms with E-state index in [0.717, 1.165) is 0 Å². The molecule has 2 N–H and O–H groups in total. The van der Waals surface area contributed by atoms with Crippen LogP contribution in [-0.2, 0) is 0 Å². The van der Waals surface area contributed by atoms with Gasteiger partial charge in [0, 0.05) is 22.3 Å². The van der Waals surface area contributed by atoms with Crippen LogP contribution in [0.3, 0.4) is 0 Å². The Morgan fingerprint density at radius 1 is 1.04 bits per heavy atom. The van der Waals surface area contributed by atoms with Gasteiger partial charge in [-0.2, -0.15) is 0 Å². The Bertz CT molecular complexity index is 1100. The number of benzene rings is 3. The minimum absolute atomic E-state index is 0.0415. The molecule has 2 aliphatic rings. The molecule has 0 unspecified atom stereocenters. The average molecular weight is 395 g/mol. The summed E-state index contributed by atoms with van der Waals surface area (Å²) in [6, 6.07) is 17.3. The van der Waals surface area contributed by atoms with Crippen molar-refractivity contribution in [1.29, 1.82) is 0 Å². The third-order valence-electron chi connectivity index (χ3n) is 4.85. The molecule has 0 bridgehead atoms. The maximum atomic E-state index is 13.4. The van der Waals surface area contributed by atoms with Crippen molar-refractivity contribution in [1.82, 2.24) is 0 Å². The van der Waals surface area contributed by atoms with Crippen molar-refractivity contribution < 1.29 is 19.4 Å². The van der Waals surface area contributed by atoms with Gasteiger partial charge in [-0.25, -0.2) is 0 Å². The summed E-state index contributed by atoms with van der Waals surface area (Å²) in [5.41, 5.74) is 2.33. The number of hydrogen-bond acceptors (Lipinski definition) is 5. The lowest BCUT2D eigenvalue weighted by molar-refractivity contribution is 0.0974. The summed E-state index contributed by atoms with van der Waals surface area (Å²) in [7, 11) is 0. The monoisotopic (exact) mass is 394 g/mol. The van der Waals surface area contributed by atoms with Crippen LogP contribution in [0.5, 0.6) is 17.2 Å². The fraction of sp³-hybridized carbons (Fsp3) is 0.0952. The molecule has 0 radical (unpaired) electrons. The number of nitrogens with one attached hydrogen (secondary N) is 1. The van der Waals surface area contributed by atoms with Gasteiger partial charge < -0.3 is 19.9 Å². The Kier molecular flexibility index (Phi) is 3.80. The maximum absolute atomic E-state index is 13.4. The number of amides is 1. The van der Waals surface area contributed by atoms with Gasteiger partial charge in [-0.15, -0.1) is 0 Å². The molecule has 2 heterocycles. The van der Waals surface area contributed by atoms with Crippen molar-refractivity contribution in [3.8, 4) is 17.2 Å². The van der Waals surface area contributed by atoms with Gasteiger partial charge in [-0.1, -0.05) is 23.7 Å². The third kappa shape index (κ3) is 2.61. The predicted octanol–water partition coefficient (Wildman–Crippen LogP) is 4.55. The Hall–Kier alpha value is -3.38. The second-order valence-corrected chi connectivity index (χ2v) is 6.94. The summed E-state index contributed by atoms with van der Waals surface area (Å²) < 4.78 is 10.8. The number of hydrogen-bond donors (Lipinski definition) is 2. The first-order valence-electron chi connectivity index (χ1n) is 8.69. The molecular formula is C21H15ClN2O4. The van der Waals surface area contributed by atoms with Gasteiger partial charge in [0.15, 0.2) is 11.5 Å². The first-order valence-corrected chi connectivity index (χ1v) is 9.07. The minimum Gasteiger partial charge on any atom is -0.508 e. The SMILES string of the molecule is O=C1c2ccccc2N[C@H](c2cc(Cl)ccc2O)N1c1ccc2c(c1)OCO2. The highest BCUT2D eigenvalue weighted by molar-refractivity contribution is 6.30. The van der Waals surface area contributed by atoms with E-state index < -0.39 is 6.17 Å². The van der Waals surface area contributed by atoms with Crippen LogP contribution in [0.4, 0.5) is 11.4 Å². The van der Waals surface area contributed by atoms with Gasteiger partial charge in [0.05, 0.1) is 11.3 Å². The number of phenols is 1. The molecule has 3 aromatic rings. The smallest absolute Gasteiger partial charge is 0.262 e. The second-order valence-electron chi connectivity index (χ2n) is 6.51. The largest absolute Gasteiger partial charge is 0.508 e.